The summed E-state index contributed by atoms with van der Waals surface area (Å²) in [5.74, 6) is 0.698. The highest BCUT2D eigenvalue weighted by atomic mass is 19.1. The molecular formula is C22H26FN5O3. The molecule has 0 unspecified atom stereocenters. The minimum Gasteiger partial charge on any atom is -0.385 e. The van der Waals surface area contributed by atoms with Crippen LogP contribution in [0.25, 0.3) is 11.5 Å². The van der Waals surface area contributed by atoms with Crippen molar-refractivity contribution in [3.8, 4) is 11.5 Å². The van der Waals surface area contributed by atoms with Gasteiger partial charge in [-0.1, -0.05) is 5.16 Å². The number of nitrogens with zero attached hydrogens (tertiary/aromatic N) is 5. The van der Waals surface area contributed by atoms with Crippen molar-refractivity contribution < 1.29 is 18.4 Å². The number of benzene rings is 1. The maximum absolute atomic E-state index is 13.2. The molecule has 1 aliphatic heterocycles. The zero-order valence-corrected chi connectivity index (χ0v) is 17.8. The van der Waals surface area contributed by atoms with Crippen LogP contribution in [-0.2, 0) is 21.5 Å². The molecule has 0 aliphatic carbocycles. The number of amides is 1. The first-order valence-electron chi connectivity index (χ1n) is 10.3. The summed E-state index contributed by atoms with van der Waals surface area (Å²) >= 11 is 0. The molecule has 1 aliphatic rings. The average Bonchev–Trinajstić information content (AvgIpc) is 3.43. The number of ether oxygens (including phenoxy) is 1. The summed E-state index contributed by atoms with van der Waals surface area (Å²) in [7, 11) is 1.67. The van der Waals surface area contributed by atoms with E-state index in [9.17, 15) is 9.18 Å². The van der Waals surface area contributed by atoms with E-state index in [1.807, 2.05) is 18.0 Å². The van der Waals surface area contributed by atoms with Crippen LogP contribution in [-0.4, -0.2) is 57.5 Å². The molecule has 1 amide bonds. The van der Waals surface area contributed by atoms with Crippen LogP contribution < -0.4 is 0 Å². The van der Waals surface area contributed by atoms with Gasteiger partial charge < -0.3 is 14.2 Å². The van der Waals surface area contributed by atoms with E-state index in [0.717, 1.165) is 12.0 Å². The highest BCUT2D eigenvalue weighted by Crippen LogP contribution is 2.38. The van der Waals surface area contributed by atoms with Crippen LogP contribution in [0.2, 0.25) is 0 Å². The molecule has 2 aromatic heterocycles. The highest BCUT2D eigenvalue weighted by molar-refractivity contribution is 5.76. The van der Waals surface area contributed by atoms with E-state index >= 15 is 0 Å². The summed E-state index contributed by atoms with van der Waals surface area (Å²) in [6.07, 6.45) is 5.76. The zero-order valence-electron chi connectivity index (χ0n) is 17.8. The van der Waals surface area contributed by atoms with Crippen molar-refractivity contribution in [2.45, 2.75) is 38.1 Å². The number of methoxy groups -OCH3 is 1. The first kappa shape index (κ1) is 21.2. The third kappa shape index (κ3) is 4.66. The van der Waals surface area contributed by atoms with Gasteiger partial charge in [0.1, 0.15) is 12.4 Å². The van der Waals surface area contributed by atoms with Crippen molar-refractivity contribution >= 4 is 5.91 Å². The molecule has 4 rings (SSSR count). The summed E-state index contributed by atoms with van der Waals surface area (Å²) in [6, 6.07) is 5.97. The van der Waals surface area contributed by atoms with Gasteiger partial charge in [-0.15, -0.1) is 0 Å². The maximum atomic E-state index is 13.2. The quantitative estimate of drug-likeness (QED) is 0.576. The Hall–Kier alpha value is -3.07. The zero-order chi connectivity index (χ0) is 21.8. The number of piperidine rings is 1. The second kappa shape index (κ2) is 8.97. The SMILES string of the molecule is COCCC1(c2noc(-c3ccc(F)cc3)n2)CCN(C(=O)Cn2cc(C)cn2)CC1. The molecular weight excluding hydrogens is 401 g/mol. The molecule has 3 heterocycles. The van der Waals surface area contributed by atoms with E-state index in [-0.39, 0.29) is 23.7 Å². The standard InChI is InChI=1S/C22H26FN5O3/c1-16-13-24-28(14-16)15-19(29)27-10-7-22(8-11-27,9-12-30-2)21-25-20(31-26-21)17-3-5-18(23)6-4-17/h3-6,13-14H,7-12,15H2,1-2H3. The number of aryl methyl sites for hydroxylation is 1. The Morgan fingerprint density at radius 1 is 1.26 bits per heavy atom. The number of likely N-dealkylation sites (tertiary alicyclic amines) is 1. The second-order valence-electron chi connectivity index (χ2n) is 8.05. The topological polar surface area (TPSA) is 86.3 Å². The predicted molar refractivity (Wildman–Crippen MR) is 111 cm³/mol. The third-order valence-corrected chi connectivity index (χ3v) is 5.91. The Bertz CT molecular complexity index is 1020. The minimum atomic E-state index is -0.336. The number of hydrogen-bond donors (Lipinski definition) is 0. The van der Waals surface area contributed by atoms with Gasteiger partial charge in [-0.3, -0.25) is 9.48 Å². The van der Waals surface area contributed by atoms with E-state index in [2.05, 4.69) is 15.2 Å². The van der Waals surface area contributed by atoms with Gasteiger partial charge in [-0.2, -0.15) is 10.1 Å². The molecule has 0 spiro atoms. The fourth-order valence-electron chi connectivity index (χ4n) is 4.01. The van der Waals surface area contributed by atoms with Crippen LogP contribution in [0.5, 0.6) is 0 Å². The molecule has 0 N–H and O–H groups in total. The molecule has 1 aromatic carbocycles. The fraction of sp³-hybridized carbons (Fsp3) is 0.455. The maximum Gasteiger partial charge on any atom is 0.257 e. The number of halogens is 1. The number of carbonyl (C=O) groups is 1. The van der Waals surface area contributed by atoms with Crippen LogP contribution >= 0.6 is 0 Å². The van der Waals surface area contributed by atoms with E-state index < -0.39 is 0 Å². The molecule has 3 aromatic rings. The minimum absolute atomic E-state index is 0.0450. The number of hydrogen-bond acceptors (Lipinski definition) is 6. The smallest absolute Gasteiger partial charge is 0.257 e. The van der Waals surface area contributed by atoms with Gasteiger partial charge in [-0.05, 0) is 56.0 Å². The lowest BCUT2D eigenvalue weighted by Crippen LogP contribution is -2.47. The Balaban J connectivity index is 1.48. The molecule has 0 bridgehead atoms. The molecule has 9 heteroatoms. The van der Waals surface area contributed by atoms with E-state index in [0.29, 0.717) is 49.8 Å². The van der Waals surface area contributed by atoms with Crippen LogP contribution in [0.3, 0.4) is 0 Å². The molecule has 1 saturated heterocycles. The van der Waals surface area contributed by atoms with Crippen molar-refractivity contribution in [2.75, 3.05) is 26.8 Å². The molecule has 1 fully saturated rings. The second-order valence-corrected chi connectivity index (χ2v) is 8.05. The van der Waals surface area contributed by atoms with Crippen LogP contribution in [0.15, 0.2) is 41.2 Å². The van der Waals surface area contributed by atoms with Gasteiger partial charge in [-0.25, -0.2) is 4.39 Å². The number of aromatic nitrogens is 4. The summed E-state index contributed by atoms with van der Waals surface area (Å²) in [5.41, 5.74) is 1.36. The normalized spacial score (nSPS) is 15.9. The van der Waals surface area contributed by atoms with Crippen molar-refractivity contribution in [1.82, 2.24) is 24.8 Å². The Morgan fingerprint density at radius 2 is 2.00 bits per heavy atom. The highest BCUT2D eigenvalue weighted by Gasteiger charge is 2.41. The molecule has 0 saturated carbocycles. The van der Waals surface area contributed by atoms with Gasteiger partial charge in [0.2, 0.25) is 5.91 Å². The summed E-state index contributed by atoms with van der Waals surface area (Å²) in [5, 5.41) is 8.45. The molecule has 31 heavy (non-hydrogen) atoms. The molecule has 8 nitrogen and oxygen atoms in total. The van der Waals surface area contributed by atoms with Crippen molar-refractivity contribution in [3.05, 3.63) is 53.9 Å². The van der Waals surface area contributed by atoms with E-state index in [4.69, 9.17) is 9.26 Å². The van der Waals surface area contributed by atoms with Crippen LogP contribution in [0.1, 0.15) is 30.7 Å². The Labute approximate surface area is 180 Å². The number of rotatable bonds is 7. The molecule has 0 radical (unpaired) electrons. The van der Waals surface area contributed by atoms with Crippen LogP contribution in [0.4, 0.5) is 4.39 Å². The van der Waals surface area contributed by atoms with Gasteiger partial charge in [0, 0.05) is 44.0 Å². The first-order valence-corrected chi connectivity index (χ1v) is 10.3. The largest absolute Gasteiger partial charge is 0.385 e. The lowest BCUT2D eigenvalue weighted by Gasteiger charge is -2.39. The van der Waals surface area contributed by atoms with Crippen molar-refractivity contribution in [1.29, 1.82) is 0 Å². The van der Waals surface area contributed by atoms with E-state index in [1.54, 1.807) is 30.1 Å². The van der Waals surface area contributed by atoms with E-state index in [1.165, 1.54) is 12.1 Å². The van der Waals surface area contributed by atoms with Crippen molar-refractivity contribution in [2.24, 2.45) is 0 Å². The van der Waals surface area contributed by atoms with Gasteiger partial charge >= 0.3 is 0 Å². The Kier molecular flexibility index (Phi) is 6.13. The Morgan fingerprint density at radius 3 is 2.65 bits per heavy atom. The molecule has 164 valence electrons. The van der Waals surface area contributed by atoms with Crippen LogP contribution in [0, 0.1) is 12.7 Å². The van der Waals surface area contributed by atoms with Gasteiger partial charge in [0.15, 0.2) is 5.82 Å². The van der Waals surface area contributed by atoms with Gasteiger partial charge in [0.25, 0.3) is 5.89 Å². The monoisotopic (exact) mass is 427 g/mol. The third-order valence-electron chi connectivity index (χ3n) is 5.91. The lowest BCUT2D eigenvalue weighted by molar-refractivity contribution is -0.133. The summed E-state index contributed by atoms with van der Waals surface area (Å²) in [6.45, 7) is 3.94. The molecule has 0 atom stereocenters. The summed E-state index contributed by atoms with van der Waals surface area (Å²) < 4.78 is 25.7. The van der Waals surface area contributed by atoms with Gasteiger partial charge in [0.05, 0.1) is 6.20 Å². The number of carbonyl (C=O) groups excluding carboxylic acids is 1. The lowest BCUT2D eigenvalue weighted by atomic mass is 9.75. The first-order chi connectivity index (χ1) is 15.0. The van der Waals surface area contributed by atoms with Crippen molar-refractivity contribution in [3.63, 3.8) is 0 Å². The predicted octanol–water partition coefficient (Wildman–Crippen LogP) is 2.98. The fourth-order valence-corrected chi connectivity index (χ4v) is 4.01. The summed E-state index contributed by atoms with van der Waals surface area (Å²) in [4.78, 5) is 19.2. The average molecular weight is 427 g/mol.